The van der Waals surface area contributed by atoms with Crippen LogP contribution in [0.2, 0.25) is 0 Å². The largest absolute Gasteiger partial charge is 0.421 e. The zero-order valence-electron chi connectivity index (χ0n) is 6.95. The highest BCUT2D eigenvalue weighted by molar-refractivity contribution is 9.10. The molecule has 0 atom stereocenters. The van der Waals surface area contributed by atoms with E-state index in [-0.39, 0.29) is 0 Å². The van der Waals surface area contributed by atoms with Gasteiger partial charge in [-0.05, 0) is 15.9 Å². The van der Waals surface area contributed by atoms with Gasteiger partial charge in [-0.3, -0.25) is 0 Å². The molecule has 0 spiro atoms. The molecule has 1 aromatic rings. The van der Waals surface area contributed by atoms with E-state index >= 15 is 0 Å². The number of halogens is 6. The molecular formula is C7H4BrF5N2. The summed E-state index contributed by atoms with van der Waals surface area (Å²) in [5.74, 6) is 0. The van der Waals surface area contributed by atoms with Crippen molar-refractivity contribution in [3.8, 4) is 0 Å². The summed E-state index contributed by atoms with van der Waals surface area (Å²) in [5.41, 5.74) is 1.70. The summed E-state index contributed by atoms with van der Waals surface area (Å²) in [4.78, 5) is 3.16. The second-order valence-electron chi connectivity index (χ2n) is 2.59. The summed E-state index contributed by atoms with van der Waals surface area (Å²) < 4.78 is 60.9. The van der Waals surface area contributed by atoms with Crippen molar-refractivity contribution in [2.75, 3.05) is 5.73 Å². The lowest BCUT2D eigenvalue weighted by Gasteiger charge is -2.14. The highest BCUT2D eigenvalue weighted by atomic mass is 79.9. The fraction of sp³-hybridized carbons (Fsp3) is 0.286. The number of hydrogen-bond acceptors (Lipinski definition) is 2. The van der Waals surface area contributed by atoms with Crippen molar-refractivity contribution in [1.82, 2.24) is 4.98 Å². The quantitative estimate of drug-likeness (QED) is 0.636. The summed E-state index contributed by atoms with van der Waals surface area (Å²) in [7, 11) is 0. The van der Waals surface area contributed by atoms with Crippen LogP contribution in [0.5, 0.6) is 0 Å². The molecular weight excluding hydrogens is 287 g/mol. The van der Waals surface area contributed by atoms with E-state index in [2.05, 4.69) is 20.9 Å². The molecule has 0 aromatic carbocycles. The minimum atomic E-state index is -4.82. The molecule has 0 saturated heterocycles. The standard InChI is InChI=1S/C7H4BrF5N2/c8-5-3(7(11,12)13)4(14)2(1-15-5)6(9)10/h1,6H,(H2,14,15). The van der Waals surface area contributed by atoms with Crippen molar-refractivity contribution in [3.63, 3.8) is 0 Å². The van der Waals surface area contributed by atoms with E-state index < -0.39 is 34.0 Å². The molecule has 0 saturated carbocycles. The second-order valence-corrected chi connectivity index (χ2v) is 3.34. The number of anilines is 1. The number of alkyl halides is 5. The van der Waals surface area contributed by atoms with Gasteiger partial charge in [-0.25, -0.2) is 13.8 Å². The Morgan fingerprint density at radius 2 is 1.87 bits per heavy atom. The Labute approximate surface area is 89.4 Å². The summed E-state index contributed by atoms with van der Waals surface area (Å²) in [6.45, 7) is 0. The van der Waals surface area contributed by atoms with Gasteiger partial charge in [0.25, 0.3) is 6.43 Å². The fourth-order valence-electron chi connectivity index (χ4n) is 0.959. The maximum Gasteiger partial charge on any atom is 0.421 e. The molecule has 1 heterocycles. The molecule has 2 N–H and O–H groups in total. The Morgan fingerprint density at radius 3 is 2.27 bits per heavy atom. The van der Waals surface area contributed by atoms with Gasteiger partial charge in [0.2, 0.25) is 0 Å². The molecule has 0 radical (unpaired) electrons. The first-order chi connectivity index (χ1) is 6.75. The van der Waals surface area contributed by atoms with Crippen LogP contribution >= 0.6 is 15.9 Å². The maximum absolute atomic E-state index is 12.4. The maximum atomic E-state index is 12.4. The van der Waals surface area contributed by atoms with E-state index in [1.807, 2.05) is 0 Å². The van der Waals surface area contributed by atoms with Crippen LogP contribution in [-0.2, 0) is 6.18 Å². The molecule has 1 aromatic heterocycles. The lowest BCUT2D eigenvalue weighted by atomic mass is 10.1. The number of nitrogens with two attached hydrogens (primary N) is 1. The van der Waals surface area contributed by atoms with Crippen LogP contribution in [0, 0.1) is 0 Å². The Balaban J connectivity index is 3.44. The zero-order chi connectivity index (χ0) is 11.8. The average molecular weight is 291 g/mol. The monoisotopic (exact) mass is 290 g/mol. The number of aromatic nitrogens is 1. The van der Waals surface area contributed by atoms with Crippen molar-refractivity contribution in [3.05, 3.63) is 21.9 Å². The van der Waals surface area contributed by atoms with E-state index in [1.54, 1.807) is 0 Å². The predicted octanol–water partition coefficient (Wildman–Crippen LogP) is 3.38. The first-order valence-corrected chi connectivity index (χ1v) is 4.33. The van der Waals surface area contributed by atoms with E-state index in [0.29, 0.717) is 6.20 Å². The van der Waals surface area contributed by atoms with Gasteiger partial charge in [0.1, 0.15) is 10.2 Å². The average Bonchev–Trinajstić information content (AvgIpc) is 2.00. The molecule has 2 nitrogen and oxygen atoms in total. The molecule has 0 unspecified atom stereocenters. The van der Waals surface area contributed by atoms with Crippen LogP contribution < -0.4 is 5.73 Å². The van der Waals surface area contributed by atoms with Gasteiger partial charge < -0.3 is 5.73 Å². The molecule has 0 fully saturated rings. The topological polar surface area (TPSA) is 38.9 Å². The first-order valence-electron chi connectivity index (χ1n) is 3.54. The summed E-state index contributed by atoms with van der Waals surface area (Å²) in [5, 5.41) is 0. The lowest BCUT2D eigenvalue weighted by Crippen LogP contribution is -2.13. The fourth-order valence-corrected chi connectivity index (χ4v) is 1.50. The van der Waals surface area contributed by atoms with Gasteiger partial charge in [-0.1, -0.05) is 0 Å². The van der Waals surface area contributed by atoms with Crippen molar-refractivity contribution in [1.29, 1.82) is 0 Å². The normalized spacial score (nSPS) is 12.2. The summed E-state index contributed by atoms with van der Waals surface area (Å²) in [6.07, 6.45) is -7.30. The van der Waals surface area contributed by atoms with Crippen LogP contribution in [0.1, 0.15) is 17.6 Å². The van der Waals surface area contributed by atoms with Crippen LogP contribution in [0.25, 0.3) is 0 Å². The van der Waals surface area contributed by atoms with Crippen LogP contribution in [-0.4, -0.2) is 4.98 Å². The predicted molar refractivity (Wildman–Crippen MR) is 46.3 cm³/mol. The minimum Gasteiger partial charge on any atom is -0.398 e. The number of nitrogens with zero attached hydrogens (tertiary/aromatic N) is 1. The summed E-state index contributed by atoms with van der Waals surface area (Å²) in [6, 6.07) is 0. The van der Waals surface area contributed by atoms with Gasteiger partial charge in [0, 0.05) is 6.20 Å². The molecule has 0 aliphatic heterocycles. The van der Waals surface area contributed by atoms with Crippen molar-refractivity contribution in [2.24, 2.45) is 0 Å². The van der Waals surface area contributed by atoms with Crippen molar-refractivity contribution >= 4 is 21.6 Å². The molecule has 0 bridgehead atoms. The van der Waals surface area contributed by atoms with Crippen LogP contribution in [0.15, 0.2) is 10.8 Å². The van der Waals surface area contributed by atoms with E-state index in [1.165, 1.54) is 0 Å². The molecule has 1 rings (SSSR count). The molecule has 0 aliphatic carbocycles. The van der Waals surface area contributed by atoms with E-state index in [4.69, 9.17) is 5.73 Å². The number of nitrogen functional groups attached to an aromatic ring is 1. The Morgan fingerprint density at radius 1 is 1.33 bits per heavy atom. The molecule has 8 heteroatoms. The zero-order valence-corrected chi connectivity index (χ0v) is 8.53. The highest BCUT2D eigenvalue weighted by Crippen LogP contribution is 2.41. The van der Waals surface area contributed by atoms with Gasteiger partial charge in [0.05, 0.1) is 11.3 Å². The van der Waals surface area contributed by atoms with E-state index in [0.717, 1.165) is 0 Å². The van der Waals surface area contributed by atoms with E-state index in [9.17, 15) is 22.0 Å². The number of pyridine rings is 1. The third-order valence-electron chi connectivity index (χ3n) is 1.62. The highest BCUT2D eigenvalue weighted by Gasteiger charge is 2.38. The van der Waals surface area contributed by atoms with Crippen LogP contribution in [0.4, 0.5) is 27.6 Å². The molecule has 15 heavy (non-hydrogen) atoms. The minimum absolute atomic E-state index is 0.600. The van der Waals surface area contributed by atoms with Gasteiger partial charge in [-0.15, -0.1) is 0 Å². The smallest absolute Gasteiger partial charge is 0.398 e. The first kappa shape index (κ1) is 12.2. The SMILES string of the molecule is Nc1c(C(F)F)cnc(Br)c1C(F)(F)F. The van der Waals surface area contributed by atoms with Gasteiger partial charge in [-0.2, -0.15) is 13.2 Å². The van der Waals surface area contributed by atoms with Crippen molar-refractivity contribution < 1.29 is 22.0 Å². The molecule has 0 amide bonds. The molecule has 0 aliphatic rings. The summed E-state index contributed by atoms with van der Waals surface area (Å²) >= 11 is 2.51. The van der Waals surface area contributed by atoms with Crippen molar-refractivity contribution in [2.45, 2.75) is 12.6 Å². The second kappa shape index (κ2) is 3.92. The number of hydrogen-bond donors (Lipinski definition) is 1. The van der Waals surface area contributed by atoms with Gasteiger partial charge >= 0.3 is 6.18 Å². The molecule has 84 valence electrons. The van der Waals surface area contributed by atoms with Gasteiger partial charge in [0.15, 0.2) is 0 Å². The Hall–Kier alpha value is -0.920. The lowest BCUT2D eigenvalue weighted by molar-refractivity contribution is -0.137. The Kier molecular flexibility index (Phi) is 3.17. The Bertz CT molecular complexity index is 376. The van der Waals surface area contributed by atoms with Crippen LogP contribution in [0.3, 0.4) is 0 Å². The third-order valence-corrected chi connectivity index (χ3v) is 2.22. The third kappa shape index (κ3) is 2.36. The number of rotatable bonds is 1.